The van der Waals surface area contributed by atoms with Crippen LogP contribution >= 0.6 is 0 Å². The molecule has 0 bridgehead atoms. The highest BCUT2D eigenvalue weighted by molar-refractivity contribution is 5.82. The predicted octanol–water partition coefficient (Wildman–Crippen LogP) is 3.76. The summed E-state index contributed by atoms with van der Waals surface area (Å²) in [5.41, 5.74) is 8.05. The number of nitrogens with two attached hydrogens (primary N) is 1. The molecule has 110 valence electrons. The third-order valence-corrected chi connectivity index (χ3v) is 4.06. The molecule has 0 aliphatic carbocycles. The van der Waals surface area contributed by atoms with Gasteiger partial charge in [-0.1, -0.05) is 45.4 Å². The Bertz CT molecular complexity index is 547. The maximum Gasteiger partial charge on any atom is 0.134 e. The molecule has 0 fully saturated rings. The Morgan fingerprint density at radius 3 is 2.65 bits per heavy atom. The van der Waals surface area contributed by atoms with E-state index < -0.39 is 0 Å². The minimum Gasteiger partial charge on any atom is -0.459 e. The van der Waals surface area contributed by atoms with Crippen LogP contribution in [0, 0.1) is 5.92 Å². The Hall–Kier alpha value is -1.32. The van der Waals surface area contributed by atoms with Gasteiger partial charge in [-0.3, -0.25) is 4.90 Å². The van der Waals surface area contributed by atoms with E-state index in [4.69, 9.17) is 10.2 Å². The highest BCUT2D eigenvalue weighted by Crippen LogP contribution is 2.27. The average Bonchev–Trinajstić information content (AvgIpc) is 2.84. The van der Waals surface area contributed by atoms with Crippen LogP contribution in [-0.4, -0.2) is 18.0 Å². The van der Waals surface area contributed by atoms with Crippen molar-refractivity contribution >= 4 is 11.0 Å². The van der Waals surface area contributed by atoms with Crippen LogP contribution in [-0.2, 0) is 13.1 Å². The second-order valence-corrected chi connectivity index (χ2v) is 5.55. The summed E-state index contributed by atoms with van der Waals surface area (Å²) >= 11 is 0. The van der Waals surface area contributed by atoms with E-state index in [0.29, 0.717) is 6.54 Å². The fourth-order valence-corrected chi connectivity index (χ4v) is 2.59. The first kappa shape index (κ1) is 15.1. The summed E-state index contributed by atoms with van der Waals surface area (Å²) in [6, 6.07) is 8.21. The average molecular weight is 274 g/mol. The van der Waals surface area contributed by atoms with E-state index in [1.54, 1.807) is 0 Å². The normalized spacial score (nSPS) is 13.2. The van der Waals surface area contributed by atoms with Gasteiger partial charge in [-0.05, 0) is 18.5 Å². The molecule has 1 unspecified atom stereocenters. The van der Waals surface area contributed by atoms with E-state index >= 15 is 0 Å². The van der Waals surface area contributed by atoms with Gasteiger partial charge in [0.1, 0.15) is 11.3 Å². The van der Waals surface area contributed by atoms with Gasteiger partial charge >= 0.3 is 0 Å². The monoisotopic (exact) mass is 274 g/mol. The van der Waals surface area contributed by atoms with Crippen molar-refractivity contribution in [2.75, 3.05) is 13.1 Å². The van der Waals surface area contributed by atoms with Gasteiger partial charge < -0.3 is 10.2 Å². The molecule has 0 aliphatic rings. The lowest BCUT2D eigenvalue weighted by molar-refractivity contribution is 0.237. The minimum atomic E-state index is 0.463. The summed E-state index contributed by atoms with van der Waals surface area (Å²) in [6.45, 7) is 10.3. The van der Waals surface area contributed by atoms with Crippen LogP contribution in [0.3, 0.4) is 0 Å². The summed E-state index contributed by atoms with van der Waals surface area (Å²) < 4.78 is 5.87. The van der Waals surface area contributed by atoms with Crippen molar-refractivity contribution in [3.8, 4) is 0 Å². The summed E-state index contributed by atoms with van der Waals surface area (Å²) in [6.07, 6.45) is 1.21. The Morgan fingerprint density at radius 2 is 2.00 bits per heavy atom. The van der Waals surface area contributed by atoms with Crippen molar-refractivity contribution in [3.63, 3.8) is 0 Å². The Morgan fingerprint density at radius 1 is 1.25 bits per heavy atom. The summed E-state index contributed by atoms with van der Waals surface area (Å²) in [5, 5.41) is 1.20. The summed E-state index contributed by atoms with van der Waals surface area (Å²) in [4.78, 5) is 2.48. The number of para-hydroxylation sites is 1. The molecular formula is C17H26N2O. The van der Waals surface area contributed by atoms with Crippen LogP contribution in [0.15, 0.2) is 28.7 Å². The molecule has 20 heavy (non-hydrogen) atoms. The third-order valence-electron chi connectivity index (χ3n) is 4.06. The van der Waals surface area contributed by atoms with Crippen LogP contribution < -0.4 is 5.73 Å². The van der Waals surface area contributed by atoms with Gasteiger partial charge in [0, 0.05) is 24.0 Å². The van der Waals surface area contributed by atoms with Crippen molar-refractivity contribution in [2.24, 2.45) is 11.7 Å². The molecule has 1 aromatic heterocycles. The van der Waals surface area contributed by atoms with E-state index in [1.807, 2.05) is 12.1 Å². The molecule has 2 rings (SSSR count). The quantitative estimate of drug-likeness (QED) is 0.836. The minimum absolute atomic E-state index is 0.463. The Kier molecular flexibility index (Phi) is 5.21. The molecular weight excluding hydrogens is 248 g/mol. The zero-order valence-electron chi connectivity index (χ0n) is 12.9. The number of benzene rings is 1. The summed E-state index contributed by atoms with van der Waals surface area (Å²) in [5.74, 6) is 1.64. The highest BCUT2D eigenvalue weighted by Gasteiger charge is 2.16. The van der Waals surface area contributed by atoms with Crippen LogP contribution in [0.5, 0.6) is 0 Å². The topological polar surface area (TPSA) is 42.4 Å². The standard InChI is InChI=1S/C17H26N2O/c1-4-13(3)11-19(5-2)12-15-14-8-6-7-9-16(14)20-17(15)10-18/h6-9,13H,4-5,10-12,18H2,1-3H3. The number of furan rings is 1. The maximum atomic E-state index is 5.87. The smallest absolute Gasteiger partial charge is 0.134 e. The molecule has 0 aliphatic heterocycles. The number of rotatable bonds is 7. The first-order valence-electron chi connectivity index (χ1n) is 7.61. The Labute approximate surface area is 121 Å². The fourth-order valence-electron chi connectivity index (χ4n) is 2.59. The lowest BCUT2D eigenvalue weighted by atomic mass is 10.1. The zero-order chi connectivity index (χ0) is 14.5. The van der Waals surface area contributed by atoms with E-state index in [9.17, 15) is 0 Å². The lowest BCUT2D eigenvalue weighted by Crippen LogP contribution is -2.28. The van der Waals surface area contributed by atoms with Crippen molar-refractivity contribution in [2.45, 2.75) is 40.3 Å². The molecule has 2 aromatic rings. The predicted molar refractivity (Wildman–Crippen MR) is 84.5 cm³/mol. The molecule has 0 saturated carbocycles. The van der Waals surface area contributed by atoms with Gasteiger partial charge in [-0.15, -0.1) is 0 Å². The SMILES string of the molecule is CCC(C)CN(CC)Cc1c(CN)oc2ccccc12. The first-order chi connectivity index (χ1) is 9.69. The van der Waals surface area contributed by atoms with E-state index in [-0.39, 0.29) is 0 Å². The molecule has 0 spiro atoms. The van der Waals surface area contributed by atoms with Crippen LogP contribution in [0.2, 0.25) is 0 Å². The molecule has 1 atom stereocenters. The Balaban J connectivity index is 2.26. The molecule has 2 N–H and O–H groups in total. The van der Waals surface area contributed by atoms with Crippen LogP contribution in [0.25, 0.3) is 11.0 Å². The molecule has 1 aromatic carbocycles. The molecule has 0 radical (unpaired) electrons. The van der Waals surface area contributed by atoms with E-state index in [1.165, 1.54) is 17.4 Å². The zero-order valence-corrected chi connectivity index (χ0v) is 12.9. The van der Waals surface area contributed by atoms with Crippen LogP contribution in [0.1, 0.15) is 38.5 Å². The third kappa shape index (κ3) is 3.22. The van der Waals surface area contributed by atoms with Crippen molar-refractivity contribution in [3.05, 3.63) is 35.6 Å². The van der Waals surface area contributed by atoms with Crippen molar-refractivity contribution in [1.29, 1.82) is 0 Å². The first-order valence-corrected chi connectivity index (χ1v) is 7.61. The maximum absolute atomic E-state index is 5.87. The largest absolute Gasteiger partial charge is 0.459 e. The second-order valence-electron chi connectivity index (χ2n) is 5.55. The van der Waals surface area contributed by atoms with Gasteiger partial charge in [0.25, 0.3) is 0 Å². The lowest BCUT2D eigenvalue weighted by Gasteiger charge is -2.23. The number of fused-ring (bicyclic) bond motifs is 1. The van der Waals surface area contributed by atoms with Gasteiger partial charge in [0.05, 0.1) is 6.54 Å². The van der Waals surface area contributed by atoms with E-state index in [0.717, 1.165) is 36.9 Å². The van der Waals surface area contributed by atoms with Crippen LogP contribution in [0.4, 0.5) is 0 Å². The molecule has 1 heterocycles. The number of hydrogen-bond acceptors (Lipinski definition) is 3. The van der Waals surface area contributed by atoms with E-state index in [2.05, 4.69) is 37.8 Å². The van der Waals surface area contributed by atoms with Gasteiger partial charge in [-0.2, -0.15) is 0 Å². The molecule has 3 nitrogen and oxygen atoms in total. The second kappa shape index (κ2) is 6.91. The van der Waals surface area contributed by atoms with Crippen molar-refractivity contribution in [1.82, 2.24) is 4.90 Å². The molecule has 0 amide bonds. The van der Waals surface area contributed by atoms with Crippen molar-refractivity contribution < 1.29 is 4.42 Å². The molecule has 0 saturated heterocycles. The van der Waals surface area contributed by atoms with Gasteiger partial charge in [-0.25, -0.2) is 0 Å². The summed E-state index contributed by atoms with van der Waals surface area (Å²) in [7, 11) is 0. The van der Waals surface area contributed by atoms with Gasteiger partial charge in [0.2, 0.25) is 0 Å². The molecule has 3 heteroatoms. The van der Waals surface area contributed by atoms with Gasteiger partial charge in [0.15, 0.2) is 0 Å². The number of hydrogen-bond donors (Lipinski definition) is 1. The highest BCUT2D eigenvalue weighted by atomic mass is 16.3. The fraction of sp³-hybridized carbons (Fsp3) is 0.529. The number of nitrogens with zero attached hydrogens (tertiary/aromatic N) is 1.